The Hall–Kier alpha value is -3.75. The van der Waals surface area contributed by atoms with E-state index in [4.69, 9.17) is 5.11 Å². The molecular weight excluding hydrogens is 396 g/mol. The minimum absolute atomic E-state index is 0.674. The number of aliphatic hydroxyl groups is 1. The quantitative estimate of drug-likeness (QED) is 0.335. The van der Waals surface area contributed by atoms with E-state index < -0.39 is 0 Å². The highest BCUT2D eigenvalue weighted by atomic mass is 32.1. The molecule has 0 unspecified atom stereocenters. The van der Waals surface area contributed by atoms with Gasteiger partial charge in [0.2, 0.25) is 0 Å². The van der Waals surface area contributed by atoms with Crippen molar-refractivity contribution in [2.75, 3.05) is 12.5 Å². The number of para-hydroxylation sites is 1. The SMILES string of the molecule is C(=N\Nc1ncnc2scc(-c3ccccc3)c12)/c1cccc2nccnc12.CO. The van der Waals surface area contributed by atoms with Crippen LogP contribution in [0.15, 0.2) is 77.7 Å². The minimum Gasteiger partial charge on any atom is -0.400 e. The van der Waals surface area contributed by atoms with E-state index in [-0.39, 0.29) is 0 Å². The molecule has 0 spiro atoms. The zero-order valence-electron chi connectivity index (χ0n) is 16.1. The van der Waals surface area contributed by atoms with Gasteiger partial charge in [-0.15, -0.1) is 11.3 Å². The molecule has 0 fully saturated rings. The average molecular weight is 414 g/mol. The molecule has 8 heteroatoms. The molecule has 0 amide bonds. The van der Waals surface area contributed by atoms with Gasteiger partial charge in [0.1, 0.15) is 11.2 Å². The van der Waals surface area contributed by atoms with E-state index in [9.17, 15) is 0 Å². The van der Waals surface area contributed by atoms with Gasteiger partial charge < -0.3 is 5.11 Å². The topological polar surface area (TPSA) is 96.2 Å². The Morgan fingerprint density at radius 3 is 2.63 bits per heavy atom. The summed E-state index contributed by atoms with van der Waals surface area (Å²) in [6, 6.07) is 16.0. The zero-order chi connectivity index (χ0) is 20.8. The summed E-state index contributed by atoms with van der Waals surface area (Å²) in [6.07, 6.45) is 6.65. The van der Waals surface area contributed by atoms with Gasteiger partial charge in [-0.3, -0.25) is 15.4 Å². The summed E-state index contributed by atoms with van der Waals surface area (Å²) in [5.41, 5.74) is 7.82. The molecule has 5 rings (SSSR count). The fourth-order valence-electron chi connectivity index (χ4n) is 3.07. The van der Waals surface area contributed by atoms with Crippen LogP contribution in [0.2, 0.25) is 0 Å². The van der Waals surface area contributed by atoms with Gasteiger partial charge in [-0.1, -0.05) is 42.5 Å². The van der Waals surface area contributed by atoms with Crippen LogP contribution >= 0.6 is 11.3 Å². The molecule has 30 heavy (non-hydrogen) atoms. The molecule has 0 saturated heterocycles. The van der Waals surface area contributed by atoms with Crippen molar-refractivity contribution < 1.29 is 5.11 Å². The lowest BCUT2D eigenvalue weighted by Gasteiger charge is -2.05. The van der Waals surface area contributed by atoms with Gasteiger partial charge in [0.05, 0.1) is 22.6 Å². The summed E-state index contributed by atoms with van der Waals surface area (Å²) < 4.78 is 0. The van der Waals surface area contributed by atoms with Crippen LogP contribution < -0.4 is 5.43 Å². The van der Waals surface area contributed by atoms with Crippen LogP contribution in [-0.4, -0.2) is 38.4 Å². The lowest BCUT2D eigenvalue weighted by Crippen LogP contribution is -1.96. The van der Waals surface area contributed by atoms with Gasteiger partial charge in [0, 0.05) is 36.0 Å². The molecule has 0 atom stereocenters. The highest BCUT2D eigenvalue weighted by Crippen LogP contribution is 2.36. The van der Waals surface area contributed by atoms with Gasteiger partial charge in [-0.2, -0.15) is 5.10 Å². The lowest BCUT2D eigenvalue weighted by atomic mass is 10.1. The van der Waals surface area contributed by atoms with Crippen LogP contribution in [0.5, 0.6) is 0 Å². The van der Waals surface area contributed by atoms with E-state index in [0.717, 1.165) is 45.1 Å². The molecule has 7 nitrogen and oxygen atoms in total. The second-order valence-corrected chi connectivity index (χ2v) is 6.92. The van der Waals surface area contributed by atoms with Crippen molar-refractivity contribution in [2.24, 2.45) is 5.10 Å². The van der Waals surface area contributed by atoms with Crippen LogP contribution in [0.4, 0.5) is 5.82 Å². The Labute approximate surface area is 176 Å². The van der Waals surface area contributed by atoms with Crippen molar-refractivity contribution in [1.29, 1.82) is 0 Å². The van der Waals surface area contributed by atoms with Crippen molar-refractivity contribution in [2.45, 2.75) is 0 Å². The molecule has 0 saturated carbocycles. The Balaban J connectivity index is 0.00000106. The van der Waals surface area contributed by atoms with E-state index in [1.807, 2.05) is 36.4 Å². The van der Waals surface area contributed by atoms with Gasteiger partial charge in [0.15, 0.2) is 5.82 Å². The molecule has 3 aromatic heterocycles. The van der Waals surface area contributed by atoms with Gasteiger partial charge in [-0.05, 0) is 11.6 Å². The number of hydrogen-bond acceptors (Lipinski definition) is 8. The van der Waals surface area contributed by atoms with E-state index in [1.165, 1.54) is 0 Å². The monoisotopic (exact) mass is 414 g/mol. The predicted octanol–water partition coefficient (Wildman–Crippen LogP) is 4.36. The largest absolute Gasteiger partial charge is 0.400 e. The number of hydrogen-bond donors (Lipinski definition) is 2. The van der Waals surface area contributed by atoms with Crippen LogP contribution in [0.25, 0.3) is 32.4 Å². The number of aliphatic hydroxyl groups excluding tert-OH is 1. The van der Waals surface area contributed by atoms with Gasteiger partial charge >= 0.3 is 0 Å². The van der Waals surface area contributed by atoms with Gasteiger partial charge in [0.25, 0.3) is 0 Å². The highest BCUT2D eigenvalue weighted by molar-refractivity contribution is 7.17. The molecule has 0 aliphatic rings. The number of nitrogens with one attached hydrogen (secondary N) is 1. The van der Waals surface area contributed by atoms with Crippen molar-refractivity contribution in [3.05, 3.63) is 78.2 Å². The maximum Gasteiger partial charge on any atom is 0.159 e. The van der Waals surface area contributed by atoms with Crippen molar-refractivity contribution in [1.82, 2.24) is 19.9 Å². The molecule has 0 bridgehead atoms. The number of nitrogens with zero attached hydrogens (tertiary/aromatic N) is 5. The first-order chi connectivity index (χ1) is 14.9. The summed E-state index contributed by atoms with van der Waals surface area (Å²) in [6.45, 7) is 0. The first-order valence-electron chi connectivity index (χ1n) is 9.11. The van der Waals surface area contributed by atoms with E-state index in [2.05, 4.69) is 48.0 Å². The molecule has 2 N–H and O–H groups in total. The molecule has 148 valence electrons. The van der Waals surface area contributed by atoms with Crippen molar-refractivity contribution >= 4 is 44.6 Å². The summed E-state index contributed by atoms with van der Waals surface area (Å²) in [7, 11) is 1.00. The lowest BCUT2D eigenvalue weighted by molar-refractivity contribution is 0.399. The van der Waals surface area contributed by atoms with Crippen LogP contribution in [0.3, 0.4) is 0 Å². The predicted molar refractivity (Wildman–Crippen MR) is 122 cm³/mol. The number of hydrazone groups is 1. The fourth-order valence-corrected chi connectivity index (χ4v) is 3.99. The molecule has 0 radical (unpaired) electrons. The second kappa shape index (κ2) is 9.17. The molecular formula is C22H18N6OS. The number of fused-ring (bicyclic) bond motifs is 2. The smallest absolute Gasteiger partial charge is 0.159 e. The van der Waals surface area contributed by atoms with Crippen molar-refractivity contribution in [3.8, 4) is 11.1 Å². The van der Waals surface area contributed by atoms with Crippen LogP contribution in [0, 0.1) is 0 Å². The number of aromatic nitrogens is 4. The van der Waals surface area contributed by atoms with E-state index in [1.54, 1.807) is 36.3 Å². The number of rotatable bonds is 4. The maximum absolute atomic E-state index is 7.00. The number of benzene rings is 2. The van der Waals surface area contributed by atoms with Crippen LogP contribution in [-0.2, 0) is 0 Å². The first kappa shape index (κ1) is 19.6. The standard InChI is InChI=1S/C21H14N6S.CH4O/c1-2-5-14(6-3-1)16-12-28-21-18(16)20(24-13-25-21)27-26-11-15-7-4-8-17-19(15)23-10-9-22-17;1-2/h1-13H,(H,24,25,27);2H,1H3/b26-11+;. The Bertz CT molecular complexity index is 1300. The Morgan fingerprint density at radius 2 is 1.77 bits per heavy atom. The zero-order valence-corrected chi connectivity index (χ0v) is 16.9. The molecule has 0 aliphatic carbocycles. The van der Waals surface area contributed by atoms with E-state index >= 15 is 0 Å². The average Bonchev–Trinajstić information content (AvgIpc) is 3.26. The Kier molecular flexibility index (Phi) is 5.98. The first-order valence-corrected chi connectivity index (χ1v) is 9.99. The number of anilines is 1. The summed E-state index contributed by atoms with van der Waals surface area (Å²) >= 11 is 1.59. The molecule has 2 aromatic carbocycles. The summed E-state index contributed by atoms with van der Waals surface area (Å²) in [4.78, 5) is 18.4. The third-order valence-electron chi connectivity index (χ3n) is 4.36. The summed E-state index contributed by atoms with van der Waals surface area (Å²) in [5, 5.41) is 14.5. The summed E-state index contributed by atoms with van der Waals surface area (Å²) in [5.74, 6) is 0.674. The highest BCUT2D eigenvalue weighted by Gasteiger charge is 2.12. The van der Waals surface area contributed by atoms with Crippen molar-refractivity contribution in [3.63, 3.8) is 0 Å². The minimum atomic E-state index is 0.674. The van der Waals surface area contributed by atoms with Crippen LogP contribution in [0.1, 0.15) is 5.56 Å². The molecule has 0 aliphatic heterocycles. The third kappa shape index (κ3) is 3.86. The molecule has 5 aromatic rings. The Morgan fingerprint density at radius 1 is 0.933 bits per heavy atom. The molecule has 3 heterocycles. The fraction of sp³-hybridized carbons (Fsp3) is 0.0455. The second-order valence-electron chi connectivity index (χ2n) is 6.06. The third-order valence-corrected chi connectivity index (χ3v) is 5.25. The van der Waals surface area contributed by atoms with Gasteiger partial charge in [-0.25, -0.2) is 9.97 Å². The normalized spacial score (nSPS) is 10.9. The number of thiophene rings is 1. The maximum atomic E-state index is 7.00. The van der Waals surface area contributed by atoms with E-state index in [0.29, 0.717) is 5.82 Å².